The van der Waals surface area contributed by atoms with E-state index in [-0.39, 0.29) is 18.7 Å². The van der Waals surface area contributed by atoms with Crippen molar-refractivity contribution in [3.8, 4) is 0 Å². The van der Waals surface area contributed by atoms with Crippen molar-refractivity contribution < 1.29 is 31.4 Å². The summed E-state index contributed by atoms with van der Waals surface area (Å²) < 4.78 is 68.9. The van der Waals surface area contributed by atoms with E-state index in [1.165, 1.54) is 7.11 Å². The van der Waals surface area contributed by atoms with E-state index < -0.39 is 45.0 Å². The summed E-state index contributed by atoms with van der Waals surface area (Å²) in [6.07, 6.45) is -1.17. The Hall–Kier alpha value is -1.16. The summed E-state index contributed by atoms with van der Waals surface area (Å²) in [5.41, 5.74) is 0. The van der Waals surface area contributed by atoms with Gasteiger partial charge in [0.25, 0.3) is 0 Å². The Morgan fingerprint density at radius 1 is 1.32 bits per heavy atom. The molecule has 2 N–H and O–H groups in total. The molecule has 1 aromatic rings. The maximum Gasteiger partial charge on any atom is 0.246 e. The lowest BCUT2D eigenvalue weighted by Gasteiger charge is -2.12. The monoisotopic (exact) mass is 299 g/mol. The highest BCUT2D eigenvalue weighted by atomic mass is 32.2. The number of aliphatic hydroxyl groups excluding tert-OH is 1. The Bertz CT molecular complexity index is 527. The first kappa shape index (κ1) is 15.9. The molecule has 0 aliphatic heterocycles. The maximum absolute atomic E-state index is 13.3. The SMILES string of the molecule is COCC(O)CNS(=O)(=O)c1c(F)cc(F)cc1F. The van der Waals surface area contributed by atoms with Gasteiger partial charge in [-0.1, -0.05) is 0 Å². The summed E-state index contributed by atoms with van der Waals surface area (Å²) in [6, 6.07) is 0.506. The van der Waals surface area contributed by atoms with Gasteiger partial charge in [0.2, 0.25) is 10.0 Å². The van der Waals surface area contributed by atoms with Crippen LogP contribution in [0.4, 0.5) is 13.2 Å². The summed E-state index contributed by atoms with van der Waals surface area (Å²) in [4.78, 5) is -1.29. The second-order valence-corrected chi connectivity index (χ2v) is 5.36. The summed E-state index contributed by atoms with van der Waals surface area (Å²) >= 11 is 0. The molecule has 0 spiro atoms. The van der Waals surface area contributed by atoms with E-state index in [1.807, 2.05) is 0 Å². The standard InChI is InChI=1S/C10H12F3NO4S/c1-18-5-7(15)4-14-19(16,17)10-8(12)2-6(11)3-9(10)13/h2-3,7,14-15H,4-5H2,1H3. The first-order valence-corrected chi connectivity index (χ1v) is 6.57. The topological polar surface area (TPSA) is 75.6 Å². The van der Waals surface area contributed by atoms with Crippen molar-refractivity contribution in [3.63, 3.8) is 0 Å². The second kappa shape index (κ2) is 6.33. The van der Waals surface area contributed by atoms with Crippen LogP contribution in [0, 0.1) is 17.5 Å². The number of hydrogen-bond donors (Lipinski definition) is 2. The molecule has 0 fully saturated rings. The number of rotatable bonds is 6. The molecule has 0 aliphatic rings. The van der Waals surface area contributed by atoms with Crippen molar-refractivity contribution in [2.24, 2.45) is 0 Å². The van der Waals surface area contributed by atoms with Gasteiger partial charge in [0.15, 0.2) is 4.90 Å². The highest BCUT2D eigenvalue weighted by molar-refractivity contribution is 7.89. The van der Waals surface area contributed by atoms with E-state index in [2.05, 4.69) is 4.74 Å². The van der Waals surface area contributed by atoms with Crippen molar-refractivity contribution in [2.75, 3.05) is 20.3 Å². The fourth-order valence-electron chi connectivity index (χ4n) is 1.32. The van der Waals surface area contributed by atoms with Gasteiger partial charge in [0, 0.05) is 25.8 Å². The number of benzene rings is 1. The number of methoxy groups -OCH3 is 1. The normalized spacial score (nSPS) is 13.5. The largest absolute Gasteiger partial charge is 0.389 e. The first-order chi connectivity index (χ1) is 8.77. The van der Waals surface area contributed by atoms with Crippen LogP contribution in [0.1, 0.15) is 0 Å². The van der Waals surface area contributed by atoms with Crippen molar-refractivity contribution >= 4 is 10.0 Å². The zero-order valence-corrected chi connectivity index (χ0v) is 10.7. The highest BCUT2D eigenvalue weighted by Gasteiger charge is 2.25. The van der Waals surface area contributed by atoms with Crippen LogP contribution in [0.25, 0.3) is 0 Å². The van der Waals surface area contributed by atoms with Gasteiger partial charge in [-0.05, 0) is 0 Å². The van der Waals surface area contributed by atoms with Crippen LogP contribution in [0.3, 0.4) is 0 Å². The third-order valence-corrected chi connectivity index (χ3v) is 3.57. The summed E-state index contributed by atoms with van der Waals surface area (Å²) in [5.74, 6) is -4.33. The highest BCUT2D eigenvalue weighted by Crippen LogP contribution is 2.19. The van der Waals surface area contributed by atoms with Gasteiger partial charge in [0.05, 0.1) is 12.7 Å². The van der Waals surface area contributed by atoms with Crippen molar-refractivity contribution in [1.82, 2.24) is 4.72 Å². The molecule has 1 atom stereocenters. The average molecular weight is 299 g/mol. The van der Waals surface area contributed by atoms with Crippen molar-refractivity contribution in [3.05, 3.63) is 29.6 Å². The molecule has 9 heteroatoms. The van der Waals surface area contributed by atoms with Gasteiger partial charge >= 0.3 is 0 Å². The zero-order chi connectivity index (χ0) is 14.6. The fourth-order valence-corrected chi connectivity index (χ4v) is 2.50. The summed E-state index contributed by atoms with van der Waals surface area (Å²) in [5, 5.41) is 9.24. The summed E-state index contributed by atoms with van der Waals surface area (Å²) in [7, 11) is -3.25. The molecule has 0 radical (unpaired) electrons. The van der Waals surface area contributed by atoms with Gasteiger partial charge in [-0.2, -0.15) is 0 Å². The third-order valence-electron chi connectivity index (χ3n) is 2.10. The van der Waals surface area contributed by atoms with Crippen LogP contribution in [-0.2, 0) is 14.8 Å². The van der Waals surface area contributed by atoms with Gasteiger partial charge in [-0.15, -0.1) is 0 Å². The van der Waals surface area contributed by atoms with E-state index in [9.17, 15) is 26.7 Å². The Kier molecular flexibility index (Phi) is 5.29. The molecule has 1 unspecified atom stereocenters. The van der Waals surface area contributed by atoms with E-state index in [1.54, 1.807) is 4.72 Å². The van der Waals surface area contributed by atoms with Crippen molar-refractivity contribution in [2.45, 2.75) is 11.0 Å². The molecule has 0 aliphatic carbocycles. The molecule has 5 nitrogen and oxygen atoms in total. The molecule has 0 bridgehead atoms. The first-order valence-electron chi connectivity index (χ1n) is 5.09. The minimum absolute atomic E-state index is 0.156. The number of nitrogens with one attached hydrogen (secondary N) is 1. The van der Waals surface area contributed by atoms with Gasteiger partial charge in [-0.3, -0.25) is 0 Å². The van der Waals surface area contributed by atoms with E-state index >= 15 is 0 Å². The predicted octanol–water partition coefficient (Wildman–Crippen LogP) is 0.389. The second-order valence-electron chi connectivity index (χ2n) is 3.66. The molecule has 19 heavy (non-hydrogen) atoms. The lowest BCUT2D eigenvalue weighted by molar-refractivity contribution is 0.0679. The molecule has 0 saturated carbocycles. The third kappa shape index (κ3) is 4.16. The number of halogens is 3. The Balaban J connectivity index is 2.95. The van der Waals surface area contributed by atoms with Crippen LogP contribution in [0.2, 0.25) is 0 Å². The molecule has 108 valence electrons. The predicted molar refractivity (Wildman–Crippen MR) is 59.4 cm³/mol. The molecule has 0 saturated heterocycles. The van der Waals surface area contributed by atoms with Crippen LogP contribution >= 0.6 is 0 Å². The Labute approximate surface area is 108 Å². The Morgan fingerprint density at radius 3 is 2.32 bits per heavy atom. The molecule has 1 aromatic carbocycles. The van der Waals surface area contributed by atoms with E-state index in [0.29, 0.717) is 0 Å². The van der Waals surface area contributed by atoms with Crippen LogP contribution in [0.15, 0.2) is 17.0 Å². The number of sulfonamides is 1. The minimum Gasteiger partial charge on any atom is -0.389 e. The van der Waals surface area contributed by atoms with Crippen LogP contribution < -0.4 is 4.72 Å². The van der Waals surface area contributed by atoms with Gasteiger partial charge in [-0.25, -0.2) is 26.3 Å². The van der Waals surface area contributed by atoms with E-state index in [4.69, 9.17) is 0 Å². The van der Waals surface area contributed by atoms with Gasteiger partial charge < -0.3 is 9.84 Å². The average Bonchev–Trinajstić information content (AvgIpc) is 2.25. The summed E-state index contributed by atoms with van der Waals surface area (Å²) in [6.45, 7) is -0.649. The zero-order valence-electron chi connectivity index (χ0n) is 9.86. The minimum atomic E-state index is -4.53. The number of aliphatic hydroxyl groups is 1. The molecular weight excluding hydrogens is 287 g/mol. The maximum atomic E-state index is 13.3. The number of hydrogen-bond acceptors (Lipinski definition) is 4. The number of ether oxygens (including phenoxy) is 1. The van der Waals surface area contributed by atoms with Gasteiger partial charge in [0.1, 0.15) is 17.5 Å². The molecule has 0 amide bonds. The molecule has 0 heterocycles. The fraction of sp³-hybridized carbons (Fsp3) is 0.400. The van der Waals surface area contributed by atoms with Crippen molar-refractivity contribution in [1.29, 1.82) is 0 Å². The molecular formula is C10H12F3NO4S. The Morgan fingerprint density at radius 2 is 1.84 bits per heavy atom. The lowest BCUT2D eigenvalue weighted by Crippen LogP contribution is -2.35. The van der Waals surface area contributed by atoms with E-state index in [0.717, 1.165) is 0 Å². The molecule has 1 rings (SSSR count). The quantitative estimate of drug-likeness (QED) is 0.797. The molecule has 0 aromatic heterocycles. The van der Waals surface area contributed by atoms with Crippen LogP contribution in [-0.4, -0.2) is 39.9 Å². The lowest BCUT2D eigenvalue weighted by atomic mass is 10.3. The smallest absolute Gasteiger partial charge is 0.246 e. The van der Waals surface area contributed by atoms with Crippen LogP contribution in [0.5, 0.6) is 0 Å².